The highest BCUT2D eigenvalue weighted by molar-refractivity contribution is 6.21. The van der Waals surface area contributed by atoms with Crippen LogP contribution in [0.25, 0.3) is 10.8 Å². The van der Waals surface area contributed by atoms with Crippen LogP contribution in [0.1, 0.15) is 34.6 Å². The minimum absolute atomic E-state index is 0.0169. The molecule has 0 bridgehead atoms. The van der Waals surface area contributed by atoms with Gasteiger partial charge in [-0.25, -0.2) is 9.59 Å². The Morgan fingerprint density at radius 1 is 1.00 bits per heavy atom. The van der Waals surface area contributed by atoms with Gasteiger partial charge in [0.1, 0.15) is 5.75 Å². The van der Waals surface area contributed by atoms with Gasteiger partial charge in [0.2, 0.25) is 0 Å². The van der Waals surface area contributed by atoms with Crippen LogP contribution in [0.3, 0.4) is 0 Å². The van der Waals surface area contributed by atoms with Crippen molar-refractivity contribution < 1.29 is 19.1 Å². The summed E-state index contributed by atoms with van der Waals surface area (Å²) in [6, 6.07) is 8.62. The van der Waals surface area contributed by atoms with E-state index < -0.39 is 11.9 Å². The van der Waals surface area contributed by atoms with Crippen LogP contribution in [0.5, 0.6) is 5.75 Å². The van der Waals surface area contributed by atoms with Crippen molar-refractivity contribution in [3.8, 4) is 5.75 Å². The number of benzene rings is 2. The van der Waals surface area contributed by atoms with Gasteiger partial charge in [-0.15, -0.1) is 0 Å². The van der Waals surface area contributed by atoms with Gasteiger partial charge in [-0.1, -0.05) is 12.1 Å². The zero-order valence-corrected chi connectivity index (χ0v) is 10.6. The molecule has 4 heteroatoms. The number of hydrogen-bond acceptors (Lipinski definition) is 4. The molecule has 1 aliphatic rings. The number of cyclic esters (lactones) is 2. The zero-order chi connectivity index (χ0) is 13.6. The maximum absolute atomic E-state index is 11.7. The first kappa shape index (κ1) is 11.7. The fourth-order valence-electron chi connectivity index (χ4n) is 2.27. The van der Waals surface area contributed by atoms with Crippen LogP contribution in [0.2, 0.25) is 0 Å². The lowest BCUT2D eigenvalue weighted by Crippen LogP contribution is -2.19. The molecule has 3 rings (SSSR count). The predicted octanol–water partition coefficient (Wildman–Crippen LogP) is 2.94. The quantitative estimate of drug-likeness (QED) is 0.612. The van der Waals surface area contributed by atoms with E-state index >= 15 is 0 Å². The van der Waals surface area contributed by atoms with Crippen molar-refractivity contribution in [3.63, 3.8) is 0 Å². The lowest BCUT2D eigenvalue weighted by atomic mass is 9.96. The maximum Gasteiger partial charge on any atom is 0.346 e. The zero-order valence-electron chi connectivity index (χ0n) is 10.6. The number of rotatable bonds is 2. The molecule has 0 N–H and O–H groups in total. The fraction of sp³-hybridized carbons (Fsp3) is 0.200. The van der Waals surface area contributed by atoms with Crippen molar-refractivity contribution in [2.24, 2.45) is 0 Å². The summed E-state index contributed by atoms with van der Waals surface area (Å²) in [6.45, 7) is 3.85. The molecular weight excluding hydrogens is 244 g/mol. The van der Waals surface area contributed by atoms with Crippen molar-refractivity contribution in [3.05, 3.63) is 41.5 Å². The molecule has 0 spiro atoms. The average molecular weight is 256 g/mol. The summed E-state index contributed by atoms with van der Waals surface area (Å²) in [5.41, 5.74) is 0.808. The van der Waals surface area contributed by atoms with Gasteiger partial charge in [0.15, 0.2) is 0 Å². The molecule has 0 atom stereocenters. The second-order valence-electron chi connectivity index (χ2n) is 4.68. The van der Waals surface area contributed by atoms with Gasteiger partial charge in [0.25, 0.3) is 0 Å². The molecule has 0 aromatic heterocycles. The van der Waals surface area contributed by atoms with E-state index in [4.69, 9.17) is 9.47 Å². The molecule has 2 aromatic rings. The van der Waals surface area contributed by atoms with Crippen molar-refractivity contribution in [1.29, 1.82) is 0 Å². The normalized spacial score (nSPS) is 13.8. The van der Waals surface area contributed by atoms with Gasteiger partial charge >= 0.3 is 11.9 Å². The summed E-state index contributed by atoms with van der Waals surface area (Å²) in [6.07, 6.45) is 0.0169. The van der Waals surface area contributed by atoms with E-state index in [0.29, 0.717) is 22.3 Å². The van der Waals surface area contributed by atoms with E-state index in [1.54, 1.807) is 24.3 Å². The minimum Gasteiger partial charge on any atom is -0.490 e. The smallest absolute Gasteiger partial charge is 0.346 e. The average Bonchev–Trinajstić information content (AvgIpc) is 2.36. The van der Waals surface area contributed by atoms with E-state index in [9.17, 15) is 9.59 Å². The van der Waals surface area contributed by atoms with E-state index in [-0.39, 0.29) is 6.10 Å². The molecule has 2 aromatic carbocycles. The number of ether oxygens (including phenoxy) is 2. The molecule has 1 heterocycles. The van der Waals surface area contributed by atoms with E-state index in [1.807, 2.05) is 19.9 Å². The van der Waals surface area contributed by atoms with Crippen LogP contribution in [0.15, 0.2) is 30.3 Å². The van der Waals surface area contributed by atoms with Gasteiger partial charge in [-0.05, 0) is 32.0 Å². The second-order valence-corrected chi connectivity index (χ2v) is 4.68. The Morgan fingerprint density at radius 2 is 1.68 bits per heavy atom. The van der Waals surface area contributed by atoms with E-state index in [0.717, 1.165) is 5.39 Å². The molecule has 0 fully saturated rings. The van der Waals surface area contributed by atoms with Gasteiger partial charge in [0, 0.05) is 10.8 Å². The second kappa shape index (κ2) is 4.09. The van der Waals surface area contributed by atoms with Crippen LogP contribution >= 0.6 is 0 Å². The molecule has 96 valence electrons. The summed E-state index contributed by atoms with van der Waals surface area (Å²) in [5.74, 6) is -0.548. The molecule has 0 aliphatic carbocycles. The Hall–Kier alpha value is -2.36. The number of hydrogen-bond donors (Lipinski definition) is 0. The Kier molecular flexibility index (Phi) is 2.52. The van der Waals surface area contributed by atoms with E-state index in [2.05, 4.69) is 0 Å². The number of carbonyl (C=O) groups excluding carboxylic acids is 2. The van der Waals surface area contributed by atoms with E-state index in [1.165, 1.54) is 0 Å². The highest BCUT2D eigenvalue weighted by atomic mass is 16.6. The van der Waals surface area contributed by atoms with Crippen molar-refractivity contribution >= 4 is 22.7 Å². The molecule has 0 unspecified atom stereocenters. The monoisotopic (exact) mass is 256 g/mol. The molecule has 0 amide bonds. The van der Waals surface area contributed by atoms with Crippen molar-refractivity contribution in [1.82, 2.24) is 0 Å². The summed E-state index contributed by atoms with van der Waals surface area (Å²) in [4.78, 5) is 23.5. The third-order valence-corrected chi connectivity index (χ3v) is 2.99. The summed E-state index contributed by atoms with van der Waals surface area (Å²) < 4.78 is 10.4. The molecule has 4 nitrogen and oxygen atoms in total. The highest BCUT2D eigenvalue weighted by Crippen LogP contribution is 2.34. The van der Waals surface area contributed by atoms with Gasteiger partial charge < -0.3 is 9.47 Å². The van der Waals surface area contributed by atoms with Gasteiger partial charge in [-0.3, -0.25) is 0 Å². The van der Waals surface area contributed by atoms with Crippen LogP contribution < -0.4 is 4.74 Å². The fourth-order valence-corrected chi connectivity index (χ4v) is 2.27. The molecule has 19 heavy (non-hydrogen) atoms. The molecule has 0 radical (unpaired) electrons. The summed E-state index contributed by atoms with van der Waals surface area (Å²) >= 11 is 0. The Labute approximate surface area is 109 Å². The summed E-state index contributed by atoms with van der Waals surface area (Å²) in [5, 5.41) is 1.37. The van der Waals surface area contributed by atoms with Crippen LogP contribution in [-0.2, 0) is 4.74 Å². The lowest BCUT2D eigenvalue weighted by molar-refractivity contribution is 0.0391. The lowest BCUT2D eigenvalue weighted by Gasteiger charge is -2.18. The largest absolute Gasteiger partial charge is 0.490 e. The molecule has 1 aliphatic heterocycles. The standard InChI is InChI=1S/C15H12O4/c1-8(2)18-12-7-6-11-13-9(12)4-3-5-10(13)14(16)19-15(11)17/h3-8H,1-2H3. The SMILES string of the molecule is CC(C)Oc1ccc2c3c(cccc13)C(=O)OC2=O. The first-order valence-electron chi connectivity index (χ1n) is 6.07. The first-order chi connectivity index (χ1) is 9.08. The van der Waals surface area contributed by atoms with Crippen LogP contribution in [-0.4, -0.2) is 18.0 Å². The van der Waals surface area contributed by atoms with Crippen molar-refractivity contribution in [2.45, 2.75) is 20.0 Å². The van der Waals surface area contributed by atoms with Gasteiger partial charge in [0.05, 0.1) is 17.2 Å². The Bertz CT molecular complexity index is 680. The Morgan fingerprint density at radius 3 is 2.37 bits per heavy atom. The highest BCUT2D eigenvalue weighted by Gasteiger charge is 2.28. The maximum atomic E-state index is 11.7. The number of carbonyl (C=O) groups is 2. The molecule has 0 saturated heterocycles. The first-order valence-corrected chi connectivity index (χ1v) is 6.07. The predicted molar refractivity (Wildman–Crippen MR) is 69.5 cm³/mol. The third-order valence-electron chi connectivity index (χ3n) is 2.99. The topological polar surface area (TPSA) is 52.6 Å². The third kappa shape index (κ3) is 1.76. The summed E-state index contributed by atoms with van der Waals surface area (Å²) in [7, 11) is 0. The molecular formula is C15H12O4. The van der Waals surface area contributed by atoms with Crippen LogP contribution in [0, 0.1) is 0 Å². The van der Waals surface area contributed by atoms with Crippen molar-refractivity contribution in [2.75, 3.05) is 0 Å². The Balaban J connectivity index is 2.35. The number of esters is 2. The van der Waals surface area contributed by atoms with Gasteiger partial charge in [-0.2, -0.15) is 0 Å². The molecule has 0 saturated carbocycles. The minimum atomic E-state index is -0.607. The van der Waals surface area contributed by atoms with Crippen LogP contribution in [0.4, 0.5) is 0 Å².